The van der Waals surface area contributed by atoms with Crippen LogP contribution in [-0.2, 0) is 39.1 Å². The van der Waals surface area contributed by atoms with Gasteiger partial charge in [0, 0.05) is 215 Å². The number of amides is 1. The van der Waals surface area contributed by atoms with E-state index in [9.17, 15) is 19.5 Å². The lowest BCUT2D eigenvalue weighted by Crippen LogP contribution is -2.58. The van der Waals surface area contributed by atoms with Crippen LogP contribution in [0.4, 0.5) is 11.4 Å². The van der Waals surface area contributed by atoms with Crippen LogP contribution in [0.25, 0.3) is 66.5 Å². The molecule has 35 heteroatoms. The number of carboxylic acid groups (broad SMARTS) is 1. The number of anilines is 2. The molecule has 3 saturated heterocycles. The van der Waals surface area contributed by atoms with Crippen molar-refractivity contribution in [2.75, 3.05) is 127 Å². The number of nitrogens with one attached hydrogen (secondary N) is 2. The molecule has 17 rings (SSSR count). The number of piperazine rings is 3. The molecular formula is C104H109Cl6N17O12. The number of carbonyl (C=O) groups is 3. The summed E-state index contributed by atoms with van der Waals surface area (Å²) in [5, 5.41) is 17.6. The highest BCUT2D eigenvalue weighted by molar-refractivity contribution is 6.43. The monoisotopic (exact) mass is 2000 g/mol. The number of carbonyl (C=O) groups excluding carboxylic acids is 2. The fourth-order valence-corrected chi connectivity index (χ4v) is 19.5. The van der Waals surface area contributed by atoms with Gasteiger partial charge >= 0.3 is 5.97 Å². The number of fused-ring (bicyclic) bond motifs is 3. The average molecular weight is 2000 g/mol. The van der Waals surface area contributed by atoms with Crippen molar-refractivity contribution < 1.29 is 57.4 Å². The van der Waals surface area contributed by atoms with E-state index in [1.165, 1.54) is 78.4 Å². The van der Waals surface area contributed by atoms with E-state index < -0.39 is 5.97 Å². The Kier molecular flexibility index (Phi) is 33.6. The average Bonchev–Trinajstić information content (AvgIpc) is 0.760. The summed E-state index contributed by atoms with van der Waals surface area (Å²) >= 11 is 39.7. The zero-order valence-corrected chi connectivity index (χ0v) is 84.2. The summed E-state index contributed by atoms with van der Waals surface area (Å²) in [6.45, 7) is 26.6. The Morgan fingerprint density at radius 3 is 1.09 bits per heavy atom. The van der Waals surface area contributed by atoms with E-state index in [1.54, 1.807) is 99.9 Å². The van der Waals surface area contributed by atoms with Crippen molar-refractivity contribution in [1.82, 2.24) is 74.7 Å². The number of pyridine rings is 3. The van der Waals surface area contributed by atoms with Gasteiger partial charge in [0.25, 0.3) is 5.91 Å². The van der Waals surface area contributed by atoms with Gasteiger partial charge in [-0.2, -0.15) is 0 Å². The van der Waals surface area contributed by atoms with Gasteiger partial charge in [0.2, 0.25) is 0 Å². The maximum atomic E-state index is 13.6. The number of halogens is 6. The van der Waals surface area contributed by atoms with Crippen LogP contribution >= 0.6 is 69.6 Å². The topological polar surface area (TPSA) is 328 Å². The summed E-state index contributed by atoms with van der Waals surface area (Å²) in [6, 6.07) is 43.2. The summed E-state index contributed by atoms with van der Waals surface area (Å²) in [4.78, 5) is 91.1. The van der Waals surface area contributed by atoms with Gasteiger partial charge < -0.3 is 59.4 Å². The highest BCUT2D eigenvalue weighted by Gasteiger charge is 2.37. The van der Waals surface area contributed by atoms with Crippen LogP contribution in [-0.4, -0.2) is 225 Å². The Labute approximate surface area is 837 Å². The number of rotatable bonds is 27. The van der Waals surface area contributed by atoms with Gasteiger partial charge in [0.15, 0.2) is 5.78 Å². The summed E-state index contributed by atoms with van der Waals surface area (Å²) in [5.41, 5.74) is 20.0. The van der Waals surface area contributed by atoms with E-state index in [1.807, 2.05) is 60.7 Å². The summed E-state index contributed by atoms with van der Waals surface area (Å²) < 4.78 is 42.9. The van der Waals surface area contributed by atoms with Crippen molar-refractivity contribution >= 4 is 132 Å². The number of ketones is 1. The van der Waals surface area contributed by atoms with Crippen molar-refractivity contribution in [2.24, 2.45) is 0 Å². The van der Waals surface area contributed by atoms with Gasteiger partial charge in [0.1, 0.15) is 62.5 Å². The lowest BCUT2D eigenvalue weighted by atomic mass is 9.96. The number of nitrogens with two attached hydrogens (primary N) is 1. The fraction of sp³-hybridized carbons (Fsp3) is 0.308. The highest BCUT2D eigenvalue weighted by Crippen LogP contribution is 2.51. The molecule has 5 N–H and O–H groups in total. The molecule has 0 unspecified atom stereocenters. The summed E-state index contributed by atoms with van der Waals surface area (Å²) in [7, 11) is 12.4. The Morgan fingerprint density at radius 1 is 0.381 bits per heavy atom. The van der Waals surface area contributed by atoms with Crippen LogP contribution in [0.1, 0.15) is 106 Å². The molecule has 29 nitrogen and oxygen atoms in total. The number of nitrogen functional groups attached to an aromatic ring is 1. The Morgan fingerprint density at radius 2 is 0.734 bits per heavy atom. The Balaban J connectivity index is 0.000000154. The van der Waals surface area contributed by atoms with Gasteiger partial charge in [-0.15, -0.1) is 0 Å². The molecule has 0 saturated carbocycles. The smallest absolute Gasteiger partial charge is 0.337 e. The molecule has 0 spiro atoms. The minimum Gasteiger partial charge on any atom is -0.497 e. The molecule has 0 aliphatic carbocycles. The van der Waals surface area contributed by atoms with E-state index in [-0.39, 0.29) is 55.9 Å². The highest BCUT2D eigenvalue weighted by atomic mass is 35.5. The van der Waals surface area contributed by atoms with Crippen molar-refractivity contribution in [2.45, 2.75) is 97.3 Å². The third-order valence-electron chi connectivity index (χ3n) is 24.5. The SMILES string of the molecule is COc1cc(OC)c(Cl)c(-c2ccc(C(=O)Cc3ccc(CN4CCNC(C)(C)C4)nc3)c3nccnc23)c1Cl.COc1cc(OC)c(Cl)c(-c2ccc(C(=O)O)c3nccnc23)c1Cl.COc1ccc(CN2CCN(Cc3ccc(N)cn3)CC2(C)C)cc1.COc1ccc(CN2CCN(Cc3ccc(NC(=O)c4ccc(-c5c(Cl)c(OC)cc(OC)c5Cl)c5nccnc45)cn3)CC2(C)C)cc1. The molecule has 3 aliphatic rings. The number of aromatic carboxylic acids is 1. The first-order chi connectivity index (χ1) is 66.8. The number of aromatic nitrogens is 9. The molecule has 139 heavy (non-hydrogen) atoms. The summed E-state index contributed by atoms with van der Waals surface area (Å²) in [6.07, 6.45) is 14.5. The van der Waals surface area contributed by atoms with Gasteiger partial charge in [-0.1, -0.05) is 118 Å². The van der Waals surface area contributed by atoms with E-state index in [2.05, 4.69) is 146 Å². The predicted molar refractivity (Wildman–Crippen MR) is 547 cm³/mol. The number of Topliss-reactive ketones (excluding diaryl/α,β-unsaturated/α-hetero) is 1. The minimum absolute atomic E-state index is 0.0113. The van der Waals surface area contributed by atoms with Crippen LogP contribution in [0.3, 0.4) is 0 Å². The first-order valence-corrected chi connectivity index (χ1v) is 46.9. The lowest BCUT2D eigenvalue weighted by Gasteiger charge is -2.47. The number of benzene rings is 8. The van der Waals surface area contributed by atoms with Crippen molar-refractivity contribution in [3.63, 3.8) is 0 Å². The zero-order chi connectivity index (χ0) is 99.1. The zero-order valence-electron chi connectivity index (χ0n) is 79.6. The molecule has 3 fully saturated rings. The third-order valence-corrected chi connectivity index (χ3v) is 26.8. The minimum atomic E-state index is -1.10. The second-order valence-electron chi connectivity index (χ2n) is 35.3. The second-order valence-corrected chi connectivity index (χ2v) is 37.6. The Hall–Kier alpha value is -12.5. The van der Waals surface area contributed by atoms with E-state index >= 15 is 0 Å². The molecule has 9 heterocycles. The van der Waals surface area contributed by atoms with Crippen LogP contribution < -0.4 is 54.3 Å². The molecule has 8 aromatic carbocycles. The van der Waals surface area contributed by atoms with Crippen LogP contribution in [0.5, 0.6) is 46.0 Å². The molecule has 724 valence electrons. The first kappa shape index (κ1) is 102. The molecule has 3 aliphatic heterocycles. The largest absolute Gasteiger partial charge is 0.497 e. The van der Waals surface area contributed by atoms with Gasteiger partial charge in [0.05, 0.1) is 156 Å². The van der Waals surface area contributed by atoms with Gasteiger partial charge in [-0.25, -0.2) is 4.79 Å². The van der Waals surface area contributed by atoms with E-state index in [0.717, 1.165) is 126 Å². The number of hydrogen-bond acceptors (Lipinski definition) is 27. The molecular weight excluding hydrogens is 1890 g/mol. The van der Waals surface area contributed by atoms with E-state index in [0.29, 0.717) is 138 Å². The number of nitrogens with zero attached hydrogens (tertiary/aromatic N) is 14. The van der Waals surface area contributed by atoms with Crippen LogP contribution in [0.2, 0.25) is 30.1 Å². The number of hydrogen-bond donors (Lipinski definition) is 4. The first-order valence-electron chi connectivity index (χ1n) is 44.6. The molecule has 0 bridgehead atoms. The maximum Gasteiger partial charge on any atom is 0.337 e. The van der Waals surface area contributed by atoms with Crippen LogP contribution in [0, 0.1) is 0 Å². The van der Waals surface area contributed by atoms with Crippen molar-refractivity contribution in [3.8, 4) is 79.4 Å². The molecule has 1 amide bonds. The third kappa shape index (κ3) is 24.2. The summed E-state index contributed by atoms with van der Waals surface area (Å²) in [5.74, 6) is 2.59. The van der Waals surface area contributed by atoms with E-state index in [4.69, 9.17) is 113 Å². The number of methoxy groups -OCH3 is 8. The molecule has 0 radical (unpaired) electrons. The van der Waals surface area contributed by atoms with Crippen molar-refractivity contribution in [1.29, 1.82) is 0 Å². The van der Waals surface area contributed by atoms with Crippen molar-refractivity contribution in [3.05, 3.63) is 276 Å². The number of ether oxygens (including phenoxy) is 8. The maximum absolute atomic E-state index is 13.6. The standard InChI is InChI=1S/C37H38Cl2N6O4.C30H31Cl2N5O3.C20H28N4O.C17H12Cl2N2O4/c1-37(2)22-44(16-17-45(37)20-23-6-10-26(47-3)11-7-23)21-25-9-8-24(19-42-25)43-36(46)28-13-12-27(34-35(28)41-15-14-40-34)31-32(38)29(48-4)18-30(49-5)33(31)39;1-30(2)17-37(12-11-36-30)16-19-6-5-18(15-35-19)13-22(38)20-7-8-21(29-28(20)33-9-10-34-29)25-26(31)23(39-3)14-24(40-4)27(25)32;1-20(2)15-23(14-18-7-6-17(21)12-22-18)10-11-24(20)13-16-4-8-19(25-3)9-5-16;1-24-10-7-11(25-2)14(19)12(13(10)18)8-3-4-9(17(22)23)16-15(8)20-5-6-21-16/h6-15,18-19H,16-17,20-22H2,1-5H3,(H,43,46);5-10,14-15,36H,11-13,16-17H2,1-4H3;4-9,12H,10-11,13-15,21H2,1-3H3;3-7H,1-2H3,(H,22,23). The second kappa shape index (κ2) is 45.6. The number of carboxylic acids is 1. The quantitative estimate of drug-likeness (QED) is 0.0348. The molecule has 14 aromatic rings. The van der Waals surface area contributed by atoms with Gasteiger partial charge in [-0.05, 0) is 131 Å². The molecule has 0 atom stereocenters. The lowest BCUT2D eigenvalue weighted by molar-refractivity contribution is 0.00976. The van der Waals surface area contributed by atoms with Gasteiger partial charge in [-0.3, -0.25) is 78.9 Å². The van der Waals surface area contributed by atoms with Crippen LogP contribution in [0.15, 0.2) is 195 Å². The molecule has 6 aromatic heterocycles. The Bertz CT molecular complexity index is 6670. The normalized spacial score (nSPS) is 14.8. The fourth-order valence-electron chi connectivity index (χ4n) is 17.4. The predicted octanol–water partition coefficient (Wildman–Crippen LogP) is 20.1.